The zero-order valence-electron chi connectivity index (χ0n) is 13.5. The molecule has 1 saturated heterocycles. The van der Waals surface area contributed by atoms with Gasteiger partial charge in [-0.3, -0.25) is 9.78 Å². The molecule has 1 aliphatic rings. The third-order valence-corrected chi connectivity index (χ3v) is 4.13. The third kappa shape index (κ3) is 3.68. The van der Waals surface area contributed by atoms with Crippen LogP contribution in [0.2, 0.25) is 0 Å². The van der Waals surface area contributed by atoms with Crippen LogP contribution in [0.25, 0.3) is 11.1 Å². The van der Waals surface area contributed by atoms with Crippen molar-refractivity contribution in [3.63, 3.8) is 0 Å². The third-order valence-electron chi connectivity index (χ3n) is 4.13. The Morgan fingerprint density at radius 2 is 1.96 bits per heavy atom. The lowest BCUT2D eigenvalue weighted by atomic mass is 10.0. The number of pyridine rings is 1. The first-order valence-electron chi connectivity index (χ1n) is 7.85. The highest BCUT2D eigenvalue weighted by molar-refractivity contribution is 5.95. The average molecular weight is 310 g/mol. The van der Waals surface area contributed by atoms with E-state index in [1.807, 2.05) is 32.3 Å². The van der Waals surface area contributed by atoms with Gasteiger partial charge in [0.2, 0.25) is 0 Å². The maximum absolute atomic E-state index is 12.2. The molecule has 1 fully saturated rings. The van der Waals surface area contributed by atoms with Crippen LogP contribution in [0.1, 0.15) is 10.4 Å². The highest BCUT2D eigenvalue weighted by Crippen LogP contribution is 2.22. The lowest BCUT2D eigenvalue weighted by Crippen LogP contribution is -2.48. The molecule has 0 spiro atoms. The van der Waals surface area contributed by atoms with Crippen LogP contribution in [0.15, 0.2) is 42.7 Å². The van der Waals surface area contributed by atoms with E-state index < -0.39 is 0 Å². The number of hydrogen-bond donors (Lipinski definition) is 2. The second-order valence-corrected chi connectivity index (χ2v) is 6.14. The van der Waals surface area contributed by atoms with Crippen LogP contribution >= 0.6 is 0 Å². The number of benzene rings is 1. The van der Waals surface area contributed by atoms with Crippen molar-refractivity contribution in [3.05, 3.63) is 48.3 Å². The summed E-state index contributed by atoms with van der Waals surface area (Å²) in [5, 5.41) is 6.18. The van der Waals surface area contributed by atoms with Crippen LogP contribution in [0.3, 0.4) is 0 Å². The number of amides is 1. The highest BCUT2D eigenvalue weighted by Gasteiger charge is 2.17. The van der Waals surface area contributed by atoms with Gasteiger partial charge in [0.05, 0.1) is 5.56 Å². The minimum absolute atomic E-state index is 0.0591. The summed E-state index contributed by atoms with van der Waals surface area (Å²) in [6, 6.07) is 10.1. The van der Waals surface area contributed by atoms with E-state index in [9.17, 15) is 4.79 Å². The summed E-state index contributed by atoms with van der Waals surface area (Å²) in [6.07, 6.45) is 3.41. The van der Waals surface area contributed by atoms with Crippen LogP contribution in [0, 0.1) is 5.92 Å². The molecular weight excluding hydrogens is 288 g/mol. The topological polar surface area (TPSA) is 57.3 Å². The summed E-state index contributed by atoms with van der Waals surface area (Å²) in [7, 11) is 4.03. The second-order valence-electron chi connectivity index (χ2n) is 6.14. The molecule has 23 heavy (non-hydrogen) atoms. The van der Waals surface area contributed by atoms with Crippen molar-refractivity contribution in [2.24, 2.45) is 5.92 Å². The Balaban J connectivity index is 1.72. The summed E-state index contributed by atoms with van der Waals surface area (Å²) in [5.74, 6) is 0.491. The van der Waals surface area contributed by atoms with E-state index in [4.69, 9.17) is 0 Å². The largest absolute Gasteiger partial charge is 0.378 e. The Kier molecular flexibility index (Phi) is 4.57. The van der Waals surface area contributed by atoms with E-state index in [0.29, 0.717) is 18.0 Å². The number of rotatable bonds is 5. The predicted octanol–water partition coefficient (Wildman–Crippen LogP) is 1.76. The molecular formula is C18H22N4O. The van der Waals surface area contributed by atoms with Crippen LogP contribution in [-0.4, -0.2) is 44.6 Å². The van der Waals surface area contributed by atoms with Gasteiger partial charge in [-0.15, -0.1) is 0 Å². The van der Waals surface area contributed by atoms with Gasteiger partial charge in [-0.25, -0.2) is 0 Å². The Morgan fingerprint density at radius 1 is 1.22 bits per heavy atom. The van der Waals surface area contributed by atoms with Gasteiger partial charge in [0.1, 0.15) is 0 Å². The molecule has 2 heterocycles. The smallest absolute Gasteiger partial charge is 0.252 e. The van der Waals surface area contributed by atoms with Gasteiger partial charge in [0.25, 0.3) is 5.91 Å². The van der Waals surface area contributed by atoms with Gasteiger partial charge in [-0.05, 0) is 23.8 Å². The van der Waals surface area contributed by atoms with Gasteiger partial charge in [0.15, 0.2) is 0 Å². The molecule has 5 heteroatoms. The van der Waals surface area contributed by atoms with Gasteiger partial charge >= 0.3 is 0 Å². The standard InChI is InChI=1S/C18H22N4O/c1-22(2)17-5-3-14(4-6-17)15-7-16(12-20-11-15)18(23)21-10-13-8-19-9-13/h3-7,11-13,19H,8-10H2,1-2H3,(H,21,23). The minimum Gasteiger partial charge on any atom is -0.378 e. The molecule has 2 N–H and O–H groups in total. The molecule has 0 atom stereocenters. The van der Waals surface area contributed by atoms with Crippen LogP contribution in [0.5, 0.6) is 0 Å². The molecule has 0 unspecified atom stereocenters. The summed E-state index contributed by atoms with van der Waals surface area (Å²) < 4.78 is 0. The molecule has 0 saturated carbocycles. The maximum Gasteiger partial charge on any atom is 0.252 e. The van der Waals surface area contributed by atoms with Crippen molar-refractivity contribution in [2.75, 3.05) is 38.6 Å². The Morgan fingerprint density at radius 3 is 2.57 bits per heavy atom. The van der Waals surface area contributed by atoms with E-state index in [1.54, 1.807) is 12.4 Å². The first kappa shape index (κ1) is 15.5. The van der Waals surface area contributed by atoms with Crippen molar-refractivity contribution in [3.8, 4) is 11.1 Å². The second kappa shape index (κ2) is 6.79. The number of anilines is 1. The molecule has 0 aliphatic carbocycles. The summed E-state index contributed by atoms with van der Waals surface area (Å²) >= 11 is 0. The van der Waals surface area contributed by atoms with Crippen LogP contribution in [0.4, 0.5) is 5.69 Å². The monoisotopic (exact) mass is 310 g/mol. The average Bonchev–Trinajstić information content (AvgIpc) is 2.53. The Labute approximate surface area is 136 Å². The molecule has 1 aromatic heterocycles. The SMILES string of the molecule is CN(C)c1ccc(-c2cncc(C(=O)NCC3CNC3)c2)cc1. The molecule has 1 aromatic carbocycles. The molecule has 3 rings (SSSR count). The number of nitrogens with zero attached hydrogens (tertiary/aromatic N) is 2. The lowest BCUT2D eigenvalue weighted by molar-refractivity contribution is 0.0942. The van der Waals surface area contributed by atoms with Crippen molar-refractivity contribution < 1.29 is 4.79 Å². The molecule has 5 nitrogen and oxygen atoms in total. The first-order valence-corrected chi connectivity index (χ1v) is 7.85. The first-order chi connectivity index (χ1) is 11.1. The van der Waals surface area contributed by atoms with Gasteiger partial charge in [-0.1, -0.05) is 12.1 Å². The zero-order chi connectivity index (χ0) is 16.2. The van der Waals surface area contributed by atoms with Crippen molar-refractivity contribution >= 4 is 11.6 Å². The van der Waals surface area contributed by atoms with Crippen molar-refractivity contribution in [2.45, 2.75) is 0 Å². The fourth-order valence-corrected chi connectivity index (χ4v) is 2.51. The fourth-order valence-electron chi connectivity index (χ4n) is 2.51. The van der Waals surface area contributed by atoms with Gasteiger partial charge in [-0.2, -0.15) is 0 Å². The predicted molar refractivity (Wildman–Crippen MR) is 92.7 cm³/mol. The molecule has 1 aliphatic heterocycles. The molecule has 1 amide bonds. The number of aromatic nitrogens is 1. The van der Waals surface area contributed by atoms with Crippen molar-refractivity contribution in [1.29, 1.82) is 0 Å². The van der Waals surface area contributed by atoms with E-state index in [0.717, 1.165) is 29.9 Å². The highest BCUT2D eigenvalue weighted by atomic mass is 16.1. The van der Waals surface area contributed by atoms with E-state index in [2.05, 4.69) is 32.7 Å². The number of nitrogens with one attached hydrogen (secondary N) is 2. The normalized spacial score (nSPS) is 14.2. The number of hydrogen-bond acceptors (Lipinski definition) is 4. The zero-order valence-corrected chi connectivity index (χ0v) is 13.5. The van der Waals surface area contributed by atoms with Gasteiger partial charge < -0.3 is 15.5 Å². The van der Waals surface area contributed by atoms with Gasteiger partial charge in [0, 0.05) is 63.3 Å². The van der Waals surface area contributed by atoms with Crippen molar-refractivity contribution in [1.82, 2.24) is 15.6 Å². The fraction of sp³-hybridized carbons (Fsp3) is 0.333. The van der Waals surface area contributed by atoms with Crippen LogP contribution < -0.4 is 15.5 Å². The quantitative estimate of drug-likeness (QED) is 0.883. The number of carbonyl (C=O) groups excluding carboxylic acids is 1. The summed E-state index contributed by atoms with van der Waals surface area (Å²) in [5.41, 5.74) is 3.75. The van der Waals surface area contributed by atoms with E-state index >= 15 is 0 Å². The lowest BCUT2D eigenvalue weighted by Gasteiger charge is -2.27. The number of carbonyl (C=O) groups is 1. The Hall–Kier alpha value is -2.40. The molecule has 120 valence electrons. The van der Waals surface area contributed by atoms with E-state index in [-0.39, 0.29) is 5.91 Å². The Bertz CT molecular complexity index is 678. The van der Waals surface area contributed by atoms with E-state index in [1.165, 1.54) is 0 Å². The molecule has 2 aromatic rings. The maximum atomic E-state index is 12.2. The summed E-state index contributed by atoms with van der Waals surface area (Å²) in [6.45, 7) is 2.68. The van der Waals surface area contributed by atoms with Crippen LogP contribution in [-0.2, 0) is 0 Å². The summed E-state index contributed by atoms with van der Waals surface area (Å²) in [4.78, 5) is 18.5. The molecule has 0 bridgehead atoms. The minimum atomic E-state index is -0.0591. The molecule has 0 radical (unpaired) electrons.